The Bertz CT molecular complexity index is 186. The highest BCUT2D eigenvalue weighted by molar-refractivity contribution is 4.81. The summed E-state index contributed by atoms with van der Waals surface area (Å²) in [5.41, 5.74) is -0.136. The molecule has 1 saturated carbocycles. The maximum atomic E-state index is 6.11. The third-order valence-corrected chi connectivity index (χ3v) is 2.65. The van der Waals surface area contributed by atoms with Gasteiger partial charge in [0.1, 0.15) is 0 Å². The average Bonchev–Trinajstić information content (AvgIpc) is 2.03. The number of hydrogen-bond acceptors (Lipinski definition) is 2. The van der Waals surface area contributed by atoms with Crippen molar-refractivity contribution in [3.8, 4) is 0 Å². The monoisotopic (exact) mass is 228 g/mol. The van der Waals surface area contributed by atoms with E-state index in [1.54, 1.807) is 0 Å². The predicted octanol–water partition coefficient (Wildman–Crippen LogP) is 3.93. The van der Waals surface area contributed by atoms with Gasteiger partial charge < -0.3 is 9.47 Å². The van der Waals surface area contributed by atoms with E-state index in [1.807, 2.05) is 0 Å². The lowest BCUT2D eigenvalue weighted by molar-refractivity contribution is -0.175. The molecule has 96 valence electrons. The van der Waals surface area contributed by atoms with Crippen molar-refractivity contribution in [1.82, 2.24) is 0 Å². The van der Waals surface area contributed by atoms with Gasteiger partial charge in [-0.25, -0.2) is 0 Å². The Kier molecular flexibility index (Phi) is 4.42. The van der Waals surface area contributed by atoms with Gasteiger partial charge >= 0.3 is 0 Å². The Labute approximate surface area is 101 Å². The normalized spacial score (nSPS) is 28.1. The largest absolute Gasteiger partial charge is 0.370 e. The highest BCUT2D eigenvalue weighted by Gasteiger charge is 2.32. The topological polar surface area (TPSA) is 18.5 Å². The van der Waals surface area contributed by atoms with Crippen LogP contribution in [-0.2, 0) is 9.47 Å². The third-order valence-electron chi connectivity index (χ3n) is 2.65. The van der Waals surface area contributed by atoms with E-state index in [9.17, 15) is 0 Å². The van der Waals surface area contributed by atoms with Crippen LogP contribution in [0, 0.1) is 0 Å². The number of rotatable bonds is 2. The Hall–Kier alpha value is -0.0800. The van der Waals surface area contributed by atoms with E-state index in [1.165, 1.54) is 12.8 Å². The molecule has 2 nitrogen and oxygen atoms in total. The molecule has 16 heavy (non-hydrogen) atoms. The molecule has 2 atom stereocenters. The molecule has 0 radical (unpaired) electrons. The fraction of sp³-hybridized carbons (Fsp3) is 1.00. The van der Waals surface area contributed by atoms with Crippen molar-refractivity contribution >= 4 is 0 Å². The fourth-order valence-electron chi connectivity index (χ4n) is 2.24. The molecule has 0 bridgehead atoms. The van der Waals surface area contributed by atoms with Gasteiger partial charge in [0, 0.05) is 0 Å². The maximum absolute atomic E-state index is 6.11. The van der Waals surface area contributed by atoms with Crippen LogP contribution in [0.15, 0.2) is 0 Å². The third kappa shape index (κ3) is 5.31. The molecular weight excluding hydrogens is 200 g/mol. The van der Waals surface area contributed by atoms with Crippen LogP contribution in [0.1, 0.15) is 67.2 Å². The van der Waals surface area contributed by atoms with Gasteiger partial charge in [-0.15, -0.1) is 0 Å². The van der Waals surface area contributed by atoms with Gasteiger partial charge in [0.2, 0.25) is 0 Å². The van der Waals surface area contributed by atoms with Crippen molar-refractivity contribution in [1.29, 1.82) is 0 Å². The molecule has 2 unspecified atom stereocenters. The molecule has 1 fully saturated rings. The van der Waals surface area contributed by atoms with Gasteiger partial charge in [0.05, 0.1) is 23.4 Å². The molecule has 0 aromatic heterocycles. The minimum Gasteiger partial charge on any atom is -0.370 e. The van der Waals surface area contributed by atoms with Crippen LogP contribution >= 0.6 is 0 Å². The SMILES string of the molecule is CC(C)(C)OC1CCCCC1OC(C)(C)C. The highest BCUT2D eigenvalue weighted by atomic mass is 16.6. The molecule has 0 aromatic carbocycles. The summed E-state index contributed by atoms with van der Waals surface area (Å²) in [5.74, 6) is 0. The second-order valence-electron chi connectivity index (χ2n) is 6.82. The van der Waals surface area contributed by atoms with Gasteiger partial charge in [-0.2, -0.15) is 0 Å². The van der Waals surface area contributed by atoms with E-state index in [0.717, 1.165) is 12.8 Å². The predicted molar refractivity (Wildman–Crippen MR) is 67.7 cm³/mol. The van der Waals surface area contributed by atoms with Gasteiger partial charge in [-0.05, 0) is 54.4 Å². The number of ether oxygens (including phenoxy) is 2. The van der Waals surface area contributed by atoms with Gasteiger partial charge in [-0.3, -0.25) is 0 Å². The van der Waals surface area contributed by atoms with Crippen LogP contribution in [0.25, 0.3) is 0 Å². The first-order valence-corrected chi connectivity index (χ1v) is 6.53. The molecule has 0 amide bonds. The lowest BCUT2D eigenvalue weighted by Gasteiger charge is -2.39. The quantitative estimate of drug-likeness (QED) is 0.713. The lowest BCUT2D eigenvalue weighted by atomic mass is 9.93. The second kappa shape index (κ2) is 5.05. The summed E-state index contributed by atoms with van der Waals surface area (Å²) in [4.78, 5) is 0. The van der Waals surface area contributed by atoms with E-state index in [4.69, 9.17) is 9.47 Å². The van der Waals surface area contributed by atoms with E-state index >= 15 is 0 Å². The van der Waals surface area contributed by atoms with Crippen molar-refractivity contribution < 1.29 is 9.47 Å². The molecule has 0 aliphatic heterocycles. The molecule has 0 heterocycles. The summed E-state index contributed by atoms with van der Waals surface area (Å²) in [5, 5.41) is 0. The van der Waals surface area contributed by atoms with Crippen LogP contribution in [-0.4, -0.2) is 23.4 Å². The molecule has 1 aliphatic carbocycles. The summed E-state index contributed by atoms with van der Waals surface area (Å²) < 4.78 is 12.2. The zero-order valence-electron chi connectivity index (χ0n) is 11.8. The summed E-state index contributed by atoms with van der Waals surface area (Å²) in [6.07, 6.45) is 5.35. The zero-order valence-corrected chi connectivity index (χ0v) is 11.8. The summed E-state index contributed by atoms with van der Waals surface area (Å²) in [7, 11) is 0. The summed E-state index contributed by atoms with van der Waals surface area (Å²) >= 11 is 0. The molecule has 1 aliphatic rings. The Balaban J connectivity index is 2.57. The zero-order chi connectivity index (χ0) is 12.4. The van der Waals surface area contributed by atoms with E-state index in [2.05, 4.69) is 41.5 Å². The first-order chi connectivity index (χ1) is 7.17. The van der Waals surface area contributed by atoms with Crippen molar-refractivity contribution in [3.63, 3.8) is 0 Å². The molecule has 0 N–H and O–H groups in total. The molecule has 1 rings (SSSR count). The fourth-order valence-corrected chi connectivity index (χ4v) is 2.24. The average molecular weight is 228 g/mol. The van der Waals surface area contributed by atoms with E-state index < -0.39 is 0 Å². The molecule has 0 spiro atoms. The van der Waals surface area contributed by atoms with Crippen LogP contribution < -0.4 is 0 Å². The molecular formula is C14H28O2. The second-order valence-corrected chi connectivity index (χ2v) is 6.82. The minimum absolute atomic E-state index is 0.0680. The molecule has 2 heteroatoms. The van der Waals surface area contributed by atoms with E-state index in [-0.39, 0.29) is 23.4 Å². The van der Waals surface area contributed by atoms with Crippen molar-refractivity contribution in [3.05, 3.63) is 0 Å². The maximum Gasteiger partial charge on any atom is 0.0844 e. The minimum atomic E-state index is -0.0680. The Morgan fingerprint density at radius 3 is 1.25 bits per heavy atom. The van der Waals surface area contributed by atoms with Gasteiger partial charge in [0.25, 0.3) is 0 Å². The standard InChI is InChI=1S/C14H28O2/c1-13(2,3)15-11-9-7-8-10-12(11)16-14(4,5)6/h11-12H,7-10H2,1-6H3. The highest BCUT2D eigenvalue weighted by Crippen LogP contribution is 2.29. The van der Waals surface area contributed by atoms with Crippen molar-refractivity contribution in [2.75, 3.05) is 0 Å². The van der Waals surface area contributed by atoms with E-state index in [0.29, 0.717) is 0 Å². The van der Waals surface area contributed by atoms with Crippen LogP contribution in [0.2, 0.25) is 0 Å². The first kappa shape index (κ1) is 14.0. The Morgan fingerprint density at radius 2 is 1.00 bits per heavy atom. The lowest BCUT2D eigenvalue weighted by Crippen LogP contribution is -2.43. The molecule has 0 saturated heterocycles. The summed E-state index contributed by atoms with van der Waals surface area (Å²) in [6.45, 7) is 12.7. The van der Waals surface area contributed by atoms with Gasteiger partial charge in [0.15, 0.2) is 0 Å². The number of hydrogen-bond donors (Lipinski definition) is 0. The summed E-state index contributed by atoms with van der Waals surface area (Å²) in [6, 6.07) is 0. The smallest absolute Gasteiger partial charge is 0.0844 e. The van der Waals surface area contributed by atoms with Crippen LogP contribution in [0.3, 0.4) is 0 Å². The van der Waals surface area contributed by atoms with Gasteiger partial charge in [-0.1, -0.05) is 12.8 Å². The molecule has 0 aromatic rings. The first-order valence-electron chi connectivity index (χ1n) is 6.53. The van der Waals surface area contributed by atoms with Crippen LogP contribution in [0.4, 0.5) is 0 Å². The van der Waals surface area contributed by atoms with Crippen molar-refractivity contribution in [2.24, 2.45) is 0 Å². The van der Waals surface area contributed by atoms with Crippen LogP contribution in [0.5, 0.6) is 0 Å². The Morgan fingerprint density at radius 1 is 0.688 bits per heavy atom. The van der Waals surface area contributed by atoms with Crippen molar-refractivity contribution in [2.45, 2.75) is 90.6 Å².